The van der Waals surface area contributed by atoms with Crippen molar-refractivity contribution in [2.45, 2.75) is 33.4 Å². The molecule has 0 spiro atoms. The molecule has 0 unspecified atom stereocenters. The number of benzene rings is 2. The molecule has 38 heavy (non-hydrogen) atoms. The molecule has 13 heteroatoms. The van der Waals surface area contributed by atoms with Gasteiger partial charge in [-0.15, -0.1) is 0 Å². The van der Waals surface area contributed by atoms with Crippen LogP contribution in [0.1, 0.15) is 23.8 Å². The molecule has 2 aromatic heterocycles. The van der Waals surface area contributed by atoms with E-state index in [1.165, 1.54) is 4.57 Å². The maximum atomic E-state index is 13.5. The van der Waals surface area contributed by atoms with E-state index >= 15 is 0 Å². The zero-order valence-corrected chi connectivity index (χ0v) is 21.7. The molecule has 2 aromatic carbocycles. The molecule has 0 bridgehead atoms. The van der Waals surface area contributed by atoms with E-state index in [9.17, 15) is 14.4 Å². The third-order valence-corrected chi connectivity index (χ3v) is 6.27. The minimum absolute atomic E-state index is 0.0158. The molecule has 1 amide bonds. The lowest BCUT2D eigenvalue weighted by atomic mass is 10.1. The van der Waals surface area contributed by atoms with Crippen molar-refractivity contribution in [3.05, 3.63) is 91.0 Å². The topological polar surface area (TPSA) is 165 Å². The molecule has 0 fully saturated rings. The molecular formula is C25H28ClN7O5. The molecule has 0 aliphatic heterocycles. The standard InChI is InChI=1S/C25H28ClN7O5/c1-3-20-15(2)19-12-18(8-9-21(19)38-20)30-23-31(13-16-4-6-17(26)7-5-16)24(35)32(25(36)33(23)27)14-22(34)29-10-11-37-28/h4-9,12H,3,10-11,13-14,27-28H2,1-2H3,(H,29,34). The minimum atomic E-state index is -0.903. The molecular weight excluding hydrogens is 514 g/mol. The number of furan rings is 1. The smallest absolute Gasteiger partial charge is 0.354 e. The van der Waals surface area contributed by atoms with E-state index < -0.39 is 23.8 Å². The van der Waals surface area contributed by atoms with Gasteiger partial charge >= 0.3 is 11.4 Å². The average Bonchev–Trinajstić information content (AvgIpc) is 3.23. The summed E-state index contributed by atoms with van der Waals surface area (Å²) in [6.45, 7) is 3.59. The van der Waals surface area contributed by atoms with Crippen molar-refractivity contribution < 1.29 is 14.0 Å². The number of amides is 1. The van der Waals surface area contributed by atoms with Crippen molar-refractivity contribution in [2.75, 3.05) is 19.0 Å². The Balaban J connectivity index is 1.88. The number of nitrogen functional groups attached to an aromatic ring is 1. The van der Waals surface area contributed by atoms with Gasteiger partial charge in [0, 0.05) is 23.4 Å². The fraction of sp³-hybridized carbons (Fsp3) is 0.280. The number of fused-ring (bicyclic) bond motifs is 1. The number of halogens is 1. The number of hydrogen-bond donors (Lipinski definition) is 3. The number of carbonyl (C=O) groups excluding carboxylic acids is 1. The van der Waals surface area contributed by atoms with Crippen LogP contribution in [0.5, 0.6) is 0 Å². The molecule has 0 aliphatic rings. The van der Waals surface area contributed by atoms with Gasteiger partial charge in [-0.2, -0.15) is 4.68 Å². The average molecular weight is 542 g/mol. The number of rotatable bonds is 9. The first kappa shape index (κ1) is 26.9. The minimum Gasteiger partial charge on any atom is -0.461 e. The van der Waals surface area contributed by atoms with Crippen LogP contribution in [-0.4, -0.2) is 32.9 Å². The van der Waals surface area contributed by atoms with E-state index in [-0.39, 0.29) is 25.3 Å². The van der Waals surface area contributed by atoms with Gasteiger partial charge < -0.3 is 20.4 Å². The van der Waals surface area contributed by atoms with Crippen molar-refractivity contribution in [2.24, 2.45) is 10.9 Å². The van der Waals surface area contributed by atoms with Crippen LogP contribution in [0, 0.1) is 6.92 Å². The van der Waals surface area contributed by atoms with Gasteiger partial charge in [0.05, 0.1) is 18.8 Å². The van der Waals surface area contributed by atoms with E-state index in [2.05, 4.69) is 15.1 Å². The van der Waals surface area contributed by atoms with Gasteiger partial charge in [0.15, 0.2) is 0 Å². The highest BCUT2D eigenvalue weighted by molar-refractivity contribution is 6.30. The molecule has 4 aromatic rings. The SMILES string of the molecule is CCc1oc2ccc(N=c3n(N)c(=O)n(CC(=O)NCCON)c(=O)n3Cc3ccc(Cl)cc3)cc2c1C. The van der Waals surface area contributed by atoms with E-state index in [4.69, 9.17) is 27.8 Å². The van der Waals surface area contributed by atoms with Crippen LogP contribution in [0.4, 0.5) is 5.69 Å². The first-order valence-electron chi connectivity index (χ1n) is 11.8. The Kier molecular flexibility index (Phi) is 8.15. The second kappa shape index (κ2) is 11.5. The van der Waals surface area contributed by atoms with Gasteiger partial charge in [-0.1, -0.05) is 30.7 Å². The summed E-state index contributed by atoms with van der Waals surface area (Å²) in [6, 6.07) is 12.1. The Labute approximate surface area is 221 Å². The molecule has 0 aliphatic carbocycles. The first-order chi connectivity index (χ1) is 18.2. The zero-order chi connectivity index (χ0) is 27.4. The van der Waals surface area contributed by atoms with Crippen molar-refractivity contribution in [3.8, 4) is 0 Å². The number of nitrogens with zero attached hydrogens (tertiary/aromatic N) is 4. The van der Waals surface area contributed by atoms with Crippen molar-refractivity contribution >= 4 is 34.2 Å². The van der Waals surface area contributed by atoms with E-state index in [1.807, 2.05) is 19.9 Å². The van der Waals surface area contributed by atoms with Crippen LogP contribution in [0.2, 0.25) is 5.02 Å². The molecule has 2 heterocycles. The molecule has 4 rings (SSSR count). The first-order valence-corrected chi connectivity index (χ1v) is 12.2. The number of carbonyl (C=O) groups is 1. The zero-order valence-electron chi connectivity index (χ0n) is 20.9. The highest BCUT2D eigenvalue weighted by atomic mass is 35.5. The summed E-state index contributed by atoms with van der Waals surface area (Å²) in [4.78, 5) is 48.0. The van der Waals surface area contributed by atoms with Crippen molar-refractivity contribution in [1.82, 2.24) is 19.1 Å². The molecule has 0 saturated heterocycles. The van der Waals surface area contributed by atoms with Crippen LogP contribution in [-0.2, 0) is 29.1 Å². The number of nitrogens with one attached hydrogen (secondary N) is 1. The van der Waals surface area contributed by atoms with Crippen molar-refractivity contribution in [1.29, 1.82) is 0 Å². The van der Waals surface area contributed by atoms with Gasteiger partial charge in [-0.3, -0.25) is 9.36 Å². The van der Waals surface area contributed by atoms with Gasteiger partial charge in [-0.05, 0) is 48.4 Å². The van der Waals surface area contributed by atoms with Crippen LogP contribution in [0.3, 0.4) is 0 Å². The predicted octanol–water partition coefficient (Wildman–Crippen LogP) is 1.08. The number of aromatic nitrogens is 3. The van der Waals surface area contributed by atoms with Crippen molar-refractivity contribution in [3.63, 3.8) is 0 Å². The second-order valence-corrected chi connectivity index (χ2v) is 8.99. The van der Waals surface area contributed by atoms with Crippen LogP contribution in [0.25, 0.3) is 11.0 Å². The Morgan fingerprint density at radius 2 is 1.87 bits per heavy atom. The lowest BCUT2D eigenvalue weighted by Crippen LogP contribution is -2.58. The number of aryl methyl sites for hydroxylation is 2. The Hall–Kier alpha value is -4.13. The molecule has 200 valence electrons. The lowest BCUT2D eigenvalue weighted by molar-refractivity contribution is -0.122. The van der Waals surface area contributed by atoms with E-state index in [0.717, 1.165) is 32.4 Å². The monoisotopic (exact) mass is 541 g/mol. The number of hydrogen-bond acceptors (Lipinski definition) is 8. The molecule has 5 N–H and O–H groups in total. The molecule has 0 atom stereocenters. The number of nitrogens with two attached hydrogens (primary N) is 2. The summed E-state index contributed by atoms with van der Waals surface area (Å²) >= 11 is 6.01. The maximum Gasteiger partial charge on any atom is 0.354 e. The largest absolute Gasteiger partial charge is 0.461 e. The van der Waals surface area contributed by atoms with Gasteiger partial charge in [-0.25, -0.2) is 25.0 Å². The quantitative estimate of drug-likeness (QED) is 0.162. The van der Waals surface area contributed by atoms with Gasteiger partial charge in [0.25, 0.3) is 0 Å². The van der Waals surface area contributed by atoms with Crippen LogP contribution >= 0.6 is 11.6 Å². The van der Waals surface area contributed by atoms with Gasteiger partial charge in [0.2, 0.25) is 11.5 Å². The Bertz CT molecular complexity index is 1670. The summed E-state index contributed by atoms with van der Waals surface area (Å²) in [5.74, 6) is 11.4. The van der Waals surface area contributed by atoms with Crippen LogP contribution < -0.4 is 34.1 Å². The van der Waals surface area contributed by atoms with E-state index in [1.54, 1.807) is 36.4 Å². The molecule has 12 nitrogen and oxygen atoms in total. The summed E-state index contributed by atoms with van der Waals surface area (Å²) in [5, 5.41) is 3.91. The fourth-order valence-corrected chi connectivity index (χ4v) is 4.18. The second-order valence-electron chi connectivity index (χ2n) is 8.55. The normalized spacial score (nSPS) is 11.8. The Morgan fingerprint density at radius 1 is 1.13 bits per heavy atom. The Morgan fingerprint density at radius 3 is 2.55 bits per heavy atom. The van der Waals surface area contributed by atoms with Crippen LogP contribution in [0.15, 0.2) is 61.5 Å². The summed E-state index contributed by atoms with van der Waals surface area (Å²) in [5.41, 5.74) is 1.10. The fourth-order valence-electron chi connectivity index (χ4n) is 4.05. The highest BCUT2D eigenvalue weighted by Gasteiger charge is 2.17. The summed E-state index contributed by atoms with van der Waals surface area (Å²) in [6.07, 6.45) is 0.738. The lowest BCUT2D eigenvalue weighted by Gasteiger charge is -2.14. The highest BCUT2D eigenvalue weighted by Crippen LogP contribution is 2.29. The van der Waals surface area contributed by atoms with Gasteiger partial charge in [0.1, 0.15) is 17.9 Å². The third kappa shape index (κ3) is 5.57. The molecule has 0 saturated carbocycles. The maximum absolute atomic E-state index is 13.5. The molecule has 0 radical (unpaired) electrons. The predicted molar refractivity (Wildman–Crippen MR) is 142 cm³/mol. The summed E-state index contributed by atoms with van der Waals surface area (Å²) < 4.78 is 8.59. The third-order valence-electron chi connectivity index (χ3n) is 6.02. The van der Waals surface area contributed by atoms with E-state index in [0.29, 0.717) is 21.9 Å². The summed E-state index contributed by atoms with van der Waals surface area (Å²) in [7, 11) is 0.